The van der Waals surface area contributed by atoms with Crippen molar-refractivity contribution in [2.75, 3.05) is 0 Å². The van der Waals surface area contributed by atoms with E-state index in [4.69, 9.17) is 0 Å². The quantitative estimate of drug-likeness (QED) is 0.553. The Morgan fingerprint density at radius 1 is 0.812 bits per heavy atom. The van der Waals surface area contributed by atoms with Crippen LogP contribution >= 0.6 is 0 Å². The molecule has 2 heteroatoms. The number of para-hydroxylation sites is 1. The monoisotopic (exact) mass is 223 g/mol. The Morgan fingerprint density at radius 2 is 1.56 bits per heavy atom. The summed E-state index contributed by atoms with van der Waals surface area (Å²) in [6, 6.07) is 19.4. The Kier molecular flexibility index (Phi) is 2.15. The van der Waals surface area contributed by atoms with Crippen molar-refractivity contribution in [1.82, 2.24) is 4.57 Å². The fraction of sp³-hybridized carbons (Fsp3) is 0. The van der Waals surface area contributed by atoms with Crippen molar-refractivity contribution in [1.29, 1.82) is 0 Å². The normalized spacial score (nSPS) is 11.0. The lowest BCUT2D eigenvalue weighted by atomic mass is 10.2. The van der Waals surface area contributed by atoms with Gasteiger partial charge >= 0.3 is 0 Å². The second kappa shape index (κ2) is 3.65. The van der Waals surface area contributed by atoms with Crippen LogP contribution in [0.1, 0.15) is 0 Å². The molecule has 3 rings (SSSR count). The number of nitrogens with zero attached hydrogens (tertiary/aromatic N) is 1. The predicted molar refractivity (Wildman–Crippen MR) is 72.8 cm³/mol. The minimum absolute atomic E-state index is 1.12. The van der Waals surface area contributed by atoms with Crippen molar-refractivity contribution in [3.8, 4) is 5.69 Å². The Bertz CT molecular complexity index is 623. The van der Waals surface area contributed by atoms with E-state index in [-0.39, 0.29) is 0 Å². The molecular weight excluding hydrogens is 210 g/mol. The van der Waals surface area contributed by atoms with Gasteiger partial charge in [0, 0.05) is 22.1 Å². The Morgan fingerprint density at radius 3 is 2.38 bits per heavy atom. The van der Waals surface area contributed by atoms with Crippen molar-refractivity contribution in [2.24, 2.45) is 0 Å². The summed E-state index contributed by atoms with van der Waals surface area (Å²) in [6.45, 7) is 0. The van der Waals surface area contributed by atoms with Crippen molar-refractivity contribution in [3.05, 3.63) is 60.8 Å². The molecule has 2 aromatic carbocycles. The molecule has 0 aliphatic heterocycles. The molecule has 3 aromatic rings. The third-order valence-electron chi connectivity index (χ3n) is 2.91. The standard InChI is InChI=1S/C14H13NSi/c16-13-7-5-12(6-8-13)15-10-9-11-3-1-2-4-14(11)15/h1-10H,16H3. The molecule has 1 heterocycles. The molecule has 0 fully saturated rings. The molecular formula is C14H13NSi. The molecule has 0 aliphatic rings. The zero-order chi connectivity index (χ0) is 11.0. The van der Waals surface area contributed by atoms with Crippen molar-refractivity contribution < 1.29 is 0 Å². The maximum absolute atomic E-state index is 2.23. The lowest BCUT2D eigenvalue weighted by Crippen LogP contribution is -2.01. The van der Waals surface area contributed by atoms with Crippen LogP contribution in [0, 0.1) is 0 Å². The van der Waals surface area contributed by atoms with E-state index in [1.807, 2.05) is 0 Å². The third-order valence-corrected chi connectivity index (χ3v) is 3.58. The Hall–Kier alpha value is -1.80. The molecule has 0 unspecified atom stereocenters. The van der Waals surface area contributed by atoms with Crippen LogP contribution in [0.15, 0.2) is 60.8 Å². The van der Waals surface area contributed by atoms with Gasteiger partial charge < -0.3 is 4.57 Å². The van der Waals surface area contributed by atoms with Gasteiger partial charge in [-0.25, -0.2) is 0 Å². The average Bonchev–Trinajstić information content (AvgIpc) is 2.74. The highest BCUT2D eigenvalue weighted by molar-refractivity contribution is 6.32. The van der Waals surface area contributed by atoms with E-state index in [9.17, 15) is 0 Å². The molecule has 0 bridgehead atoms. The van der Waals surface area contributed by atoms with Crippen LogP contribution in [-0.4, -0.2) is 14.8 Å². The summed E-state index contributed by atoms with van der Waals surface area (Å²) >= 11 is 0. The summed E-state index contributed by atoms with van der Waals surface area (Å²) in [4.78, 5) is 0. The van der Waals surface area contributed by atoms with Gasteiger partial charge in [-0.15, -0.1) is 0 Å². The first kappa shape index (κ1) is 9.42. The number of hydrogen-bond acceptors (Lipinski definition) is 0. The summed E-state index contributed by atoms with van der Waals surface area (Å²) in [5.41, 5.74) is 2.50. The molecule has 0 atom stereocenters. The van der Waals surface area contributed by atoms with Crippen LogP contribution < -0.4 is 5.19 Å². The summed E-state index contributed by atoms with van der Waals surface area (Å²) in [5, 5.41) is 2.72. The zero-order valence-electron chi connectivity index (χ0n) is 9.22. The lowest BCUT2D eigenvalue weighted by molar-refractivity contribution is 1.13. The molecule has 78 valence electrons. The first-order chi connectivity index (χ1) is 7.84. The predicted octanol–water partition coefficient (Wildman–Crippen LogP) is 1.62. The van der Waals surface area contributed by atoms with Gasteiger partial charge in [-0.2, -0.15) is 0 Å². The van der Waals surface area contributed by atoms with Crippen LogP contribution in [0.3, 0.4) is 0 Å². The Labute approximate surface area is 97.8 Å². The number of aromatic nitrogens is 1. The van der Waals surface area contributed by atoms with E-state index in [2.05, 4.69) is 65.4 Å². The first-order valence-corrected chi connectivity index (χ1v) is 6.48. The first-order valence-electron chi connectivity index (χ1n) is 5.48. The van der Waals surface area contributed by atoms with Gasteiger partial charge in [0.2, 0.25) is 0 Å². The summed E-state index contributed by atoms with van der Waals surface area (Å²) in [5.74, 6) is 0. The second-order valence-corrected chi connectivity index (χ2v) is 5.23. The lowest BCUT2D eigenvalue weighted by Gasteiger charge is -2.05. The molecule has 16 heavy (non-hydrogen) atoms. The molecule has 0 radical (unpaired) electrons. The highest BCUT2D eigenvalue weighted by Crippen LogP contribution is 2.19. The van der Waals surface area contributed by atoms with Crippen LogP contribution in [-0.2, 0) is 0 Å². The van der Waals surface area contributed by atoms with E-state index < -0.39 is 0 Å². The number of benzene rings is 2. The topological polar surface area (TPSA) is 4.93 Å². The summed E-state index contributed by atoms with van der Waals surface area (Å²) in [6.07, 6.45) is 2.13. The highest BCUT2D eigenvalue weighted by atomic mass is 28.1. The van der Waals surface area contributed by atoms with Crippen LogP contribution in [0.5, 0.6) is 0 Å². The minimum atomic E-state index is 1.12. The van der Waals surface area contributed by atoms with Gasteiger partial charge in [-0.1, -0.05) is 35.5 Å². The maximum Gasteiger partial charge on any atom is 0.0528 e. The van der Waals surface area contributed by atoms with Crippen LogP contribution in [0.25, 0.3) is 16.6 Å². The van der Waals surface area contributed by atoms with Gasteiger partial charge in [-0.05, 0) is 29.7 Å². The van der Waals surface area contributed by atoms with Gasteiger partial charge in [-0.3, -0.25) is 0 Å². The fourth-order valence-corrected chi connectivity index (χ4v) is 2.35. The van der Waals surface area contributed by atoms with Gasteiger partial charge in [0.1, 0.15) is 0 Å². The van der Waals surface area contributed by atoms with Gasteiger partial charge in [0.15, 0.2) is 0 Å². The third kappa shape index (κ3) is 1.48. The zero-order valence-corrected chi connectivity index (χ0v) is 11.2. The Balaban J connectivity index is 2.22. The fourth-order valence-electron chi connectivity index (χ4n) is 2.01. The molecule has 0 saturated carbocycles. The molecule has 0 amide bonds. The van der Waals surface area contributed by atoms with Crippen LogP contribution in [0.4, 0.5) is 0 Å². The number of fused-ring (bicyclic) bond motifs is 1. The highest BCUT2D eigenvalue weighted by Gasteiger charge is 2.01. The van der Waals surface area contributed by atoms with E-state index in [1.165, 1.54) is 21.8 Å². The maximum atomic E-state index is 2.23. The minimum Gasteiger partial charge on any atom is -0.317 e. The SMILES string of the molecule is [SiH3]c1ccc(-n2ccc3ccccc32)cc1. The molecule has 0 aliphatic carbocycles. The summed E-state index contributed by atoms with van der Waals surface area (Å²) < 4.78 is 2.23. The molecule has 0 N–H and O–H groups in total. The average molecular weight is 223 g/mol. The van der Waals surface area contributed by atoms with E-state index >= 15 is 0 Å². The number of rotatable bonds is 1. The largest absolute Gasteiger partial charge is 0.317 e. The van der Waals surface area contributed by atoms with Gasteiger partial charge in [0.05, 0.1) is 5.52 Å². The van der Waals surface area contributed by atoms with Crippen molar-refractivity contribution in [2.45, 2.75) is 0 Å². The van der Waals surface area contributed by atoms with Gasteiger partial charge in [0.25, 0.3) is 0 Å². The van der Waals surface area contributed by atoms with E-state index in [0.717, 1.165) is 10.2 Å². The van der Waals surface area contributed by atoms with Crippen LogP contribution in [0.2, 0.25) is 0 Å². The molecule has 0 spiro atoms. The van der Waals surface area contributed by atoms with E-state index in [0.29, 0.717) is 0 Å². The second-order valence-electron chi connectivity index (χ2n) is 4.08. The molecule has 1 nitrogen and oxygen atoms in total. The summed E-state index contributed by atoms with van der Waals surface area (Å²) in [7, 11) is 1.12. The van der Waals surface area contributed by atoms with Crippen molar-refractivity contribution in [3.63, 3.8) is 0 Å². The molecule has 1 aromatic heterocycles. The number of hydrogen-bond donors (Lipinski definition) is 0. The van der Waals surface area contributed by atoms with Crippen molar-refractivity contribution >= 4 is 26.3 Å². The van der Waals surface area contributed by atoms with E-state index in [1.54, 1.807) is 0 Å². The molecule has 0 saturated heterocycles. The smallest absolute Gasteiger partial charge is 0.0528 e.